The van der Waals surface area contributed by atoms with Crippen LogP contribution in [0.3, 0.4) is 0 Å². The number of methoxy groups -OCH3 is 1. The van der Waals surface area contributed by atoms with E-state index in [0.29, 0.717) is 43.0 Å². The fourth-order valence-electron chi connectivity index (χ4n) is 2.55. The number of hydrogen-bond donors (Lipinski definition) is 1. The van der Waals surface area contributed by atoms with Crippen molar-refractivity contribution in [3.8, 4) is 5.75 Å². The van der Waals surface area contributed by atoms with E-state index in [0.717, 1.165) is 0 Å². The van der Waals surface area contributed by atoms with Gasteiger partial charge in [-0.3, -0.25) is 9.59 Å². The molecular formula is C14H19NO4S. The minimum atomic E-state index is -0.745. The molecule has 1 N–H and O–H groups in total. The normalized spacial score (nSPS) is 17.8. The number of carbonyl (C=O) groups is 2. The van der Waals surface area contributed by atoms with E-state index in [4.69, 9.17) is 4.74 Å². The van der Waals surface area contributed by atoms with E-state index < -0.39 is 11.4 Å². The van der Waals surface area contributed by atoms with Crippen LogP contribution in [0.2, 0.25) is 0 Å². The van der Waals surface area contributed by atoms with Crippen molar-refractivity contribution < 1.29 is 19.4 Å². The summed E-state index contributed by atoms with van der Waals surface area (Å²) < 4.78 is 5.08. The quantitative estimate of drug-likeness (QED) is 0.927. The van der Waals surface area contributed by atoms with Crippen LogP contribution in [0.15, 0.2) is 11.4 Å². The van der Waals surface area contributed by atoms with Gasteiger partial charge in [0.05, 0.1) is 17.4 Å². The maximum absolute atomic E-state index is 12.3. The minimum absolute atomic E-state index is 0.0339. The van der Waals surface area contributed by atoms with E-state index in [2.05, 4.69) is 0 Å². The summed E-state index contributed by atoms with van der Waals surface area (Å²) >= 11 is 1.36. The molecule has 0 spiro atoms. The molecule has 0 radical (unpaired) electrons. The van der Waals surface area contributed by atoms with Crippen molar-refractivity contribution in [2.24, 2.45) is 5.41 Å². The Morgan fingerprint density at radius 1 is 1.45 bits per heavy atom. The third-order valence-corrected chi connectivity index (χ3v) is 5.06. The molecule has 5 nitrogen and oxygen atoms in total. The van der Waals surface area contributed by atoms with Gasteiger partial charge >= 0.3 is 5.97 Å². The third-order valence-electron chi connectivity index (χ3n) is 4.16. The summed E-state index contributed by atoms with van der Waals surface area (Å²) in [6, 6.07) is 1.73. The summed E-state index contributed by atoms with van der Waals surface area (Å²) in [5, 5.41) is 11.1. The lowest BCUT2D eigenvalue weighted by atomic mass is 9.76. The molecule has 20 heavy (non-hydrogen) atoms. The Morgan fingerprint density at radius 2 is 2.10 bits per heavy atom. The molecule has 1 amide bonds. The number of nitrogens with zero attached hydrogens (tertiary/aromatic N) is 1. The van der Waals surface area contributed by atoms with Gasteiger partial charge in [-0.05, 0) is 19.3 Å². The zero-order valence-corrected chi connectivity index (χ0v) is 12.5. The Morgan fingerprint density at radius 3 is 2.55 bits per heavy atom. The van der Waals surface area contributed by atoms with Crippen molar-refractivity contribution in [2.45, 2.75) is 26.2 Å². The number of piperidine rings is 1. The molecule has 0 atom stereocenters. The number of likely N-dealkylation sites (tertiary alicyclic amines) is 1. The van der Waals surface area contributed by atoms with Crippen LogP contribution in [0.4, 0.5) is 0 Å². The lowest BCUT2D eigenvalue weighted by Gasteiger charge is -2.38. The molecule has 0 unspecified atom stereocenters. The summed E-state index contributed by atoms with van der Waals surface area (Å²) in [4.78, 5) is 26.1. The van der Waals surface area contributed by atoms with E-state index >= 15 is 0 Å². The van der Waals surface area contributed by atoms with Gasteiger partial charge in [-0.15, -0.1) is 11.3 Å². The van der Waals surface area contributed by atoms with Crippen LogP contribution in [-0.4, -0.2) is 42.1 Å². The molecule has 0 bridgehead atoms. The van der Waals surface area contributed by atoms with E-state index in [1.54, 1.807) is 23.5 Å². The molecule has 1 saturated heterocycles. The van der Waals surface area contributed by atoms with Crippen LogP contribution in [0.25, 0.3) is 0 Å². The fraction of sp³-hybridized carbons (Fsp3) is 0.571. The van der Waals surface area contributed by atoms with Crippen LogP contribution in [0, 0.1) is 5.41 Å². The van der Waals surface area contributed by atoms with Gasteiger partial charge in [0, 0.05) is 24.5 Å². The second-order valence-corrected chi connectivity index (χ2v) is 5.99. The van der Waals surface area contributed by atoms with E-state index in [9.17, 15) is 14.7 Å². The van der Waals surface area contributed by atoms with Gasteiger partial charge in [0.2, 0.25) is 0 Å². The molecule has 110 valence electrons. The molecule has 1 fully saturated rings. The Kier molecular flexibility index (Phi) is 4.32. The lowest BCUT2D eigenvalue weighted by Crippen LogP contribution is -2.46. The third kappa shape index (κ3) is 2.65. The van der Waals surface area contributed by atoms with Crippen LogP contribution in [0.5, 0.6) is 5.75 Å². The zero-order chi connectivity index (χ0) is 14.8. The molecule has 0 aromatic carbocycles. The van der Waals surface area contributed by atoms with Crippen LogP contribution < -0.4 is 4.74 Å². The van der Waals surface area contributed by atoms with E-state index in [1.807, 2.05) is 6.92 Å². The highest BCUT2D eigenvalue weighted by Crippen LogP contribution is 2.36. The predicted molar refractivity (Wildman–Crippen MR) is 76.4 cm³/mol. The Hall–Kier alpha value is -1.56. The number of amides is 1. The number of carboxylic acid groups (broad SMARTS) is 1. The van der Waals surface area contributed by atoms with E-state index in [-0.39, 0.29) is 5.91 Å². The number of aliphatic carboxylic acids is 1. The number of thiophene rings is 1. The van der Waals surface area contributed by atoms with Gasteiger partial charge in [-0.25, -0.2) is 0 Å². The molecular weight excluding hydrogens is 278 g/mol. The van der Waals surface area contributed by atoms with Crippen LogP contribution in [-0.2, 0) is 4.79 Å². The number of rotatable bonds is 4. The molecule has 2 rings (SSSR count). The fourth-order valence-corrected chi connectivity index (χ4v) is 3.37. The number of carboxylic acids is 1. The Bertz CT molecular complexity index is 503. The number of ether oxygens (including phenoxy) is 1. The summed E-state index contributed by atoms with van der Waals surface area (Å²) in [5.74, 6) is -0.0953. The first-order chi connectivity index (χ1) is 9.52. The predicted octanol–water partition coefficient (Wildman–Crippen LogP) is 2.47. The van der Waals surface area contributed by atoms with Gasteiger partial charge in [-0.2, -0.15) is 0 Å². The van der Waals surface area contributed by atoms with Crippen LogP contribution >= 0.6 is 11.3 Å². The molecule has 2 heterocycles. The van der Waals surface area contributed by atoms with Crippen molar-refractivity contribution in [3.63, 3.8) is 0 Å². The number of carbonyl (C=O) groups excluding carboxylic acids is 1. The highest BCUT2D eigenvalue weighted by atomic mass is 32.1. The first kappa shape index (κ1) is 14.8. The summed E-state index contributed by atoms with van der Waals surface area (Å²) in [6.45, 7) is 2.90. The first-order valence-corrected chi connectivity index (χ1v) is 7.55. The second kappa shape index (κ2) is 5.83. The molecule has 1 aromatic rings. The molecule has 1 aliphatic heterocycles. The van der Waals surface area contributed by atoms with Gasteiger partial charge in [0.1, 0.15) is 5.75 Å². The maximum Gasteiger partial charge on any atom is 0.309 e. The molecule has 0 saturated carbocycles. The average molecular weight is 297 g/mol. The molecule has 0 aliphatic carbocycles. The first-order valence-electron chi connectivity index (χ1n) is 6.67. The van der Waals surface area contributed by atoms with Crippen molar-refractivity contribution in [3.05, 3.63) is 16.3 Å². The van der Waals surface area contributed by atoms with Crippen molar-refractivity contribution in [1.29, 1.82) is 0 Å². The number of hydrogen-bond acceptors (Lipinski definition) is 4. The molecule has 1 aromatic heterocycles. The van der Waals surface area contributed by atoms with Gasteiger partial charge in [-0.1, -0.05) is 6.92 Å². The Labute approximate surface area is 122 Å². The van der Waals surface area contributed by atoms with Crippen molar-refractivity contribution >= 4 is 23.2 Å². The monoisotopic (exact) mass is 297 g/mol. The van der Waals surface area contributed by atoms with Crippen molar-refractivity contribution in [2.75, 3.05) is 20.2 Å². The maximum atomic E-state index is 12.3. The zero-order valence-electron chi connectivity index (χ0n) is 11.7. The van der Waals surface area contributed by atoms with Crippen molar-refractivity contribution in [1.82, 2.24) is 4.90 Å². The highest BCUT2D eigenvalue weighted by molar-refractivity contribution is 7.12. The van der Waals surface area contributed by atoms with Gasteiger partial charge in [0.15, 0.2) is 0 Å². The summed E-state index contributed by atoms with van der Waals surface area (Å²) in [5.41, 5.74) is -0.663. The minimum Gasteiger partial charge on any atom is -0.496 e. The largest absolute Gasteiger partial charge is 0.496 e. The standard InChI is InChI=1S/C14H19NO4S/c1-3-14(13(17)18)4-6-15(7-5-14)12(16)11-8-10(19-2)9-20-11/h8-9H,3-7H2,1-2H3,(H,17,18). The highest BCUT2D eigenvalue weighted by Gasteiger charge is 2.41. The molecule has 6 heteroatoms. The van der Waals surface area contributed by atoms with Gasteiger partial charge in [0.25, 0.3) is 5.91 Å². The lowest BCUT2D eigenvalue weighted by molar-refractivity contribution is -0.152. The topological polar surface area (TPSA) is 66.8 Å². The molecule has 1 aliphatic rings. The van der Waals surface area contributed by atoms with Gasteiger partial charge < -0.3 is 14.7 Å². The summed E-state index contributed by atoms with van der Waals surface area (Å²) in [7, 11) is 1.57. The Balaban J connectivity index is 2.03. The smallest absolute Gasteiger partial charge is 0.309 e. The summed E-state index contributed by atoms with van der Waals surface area (Å²) in [6.07, 6.45) is 1.65. The van der Waals surface area contributed by atoms with E-state index in [1.165, 1.54) is 11.3 Å². The average Bonchev–Trinajstić information content (AvgIpc) is 2.95. The van der Waals surface area contributed by atoms with Crippen LogP contribution in [0.1, 0.15) is 35.9 Å². The second-order valence-electron chi connectivity index (χ2n) is 5.08. The SMILES string of the molecule is CCC1(C(=O)O)CCN(C(=O)c2cc(OC)cs2)CC1.